The first kappa shape index (κ1) is 20.8. The van der Waals surface area contributed by atoms with Crippen LogP contribution in [0.15, 0.2) is 18.2 Å². The van der Waals surface area contributed by atoms with Crippen molar-refractivity contribution in [1.82, 2.24) is 9.37 Å². The second-order valence-corrected chi connectivity index (χ2v) is 8.97. The molecule has 1 fully saturated rings. The van der Waals surface area contributed by atoms with Crippen LogP contribution in [0.1, 0.15) is 36.5 Å². The van der Waals surface area contributed by atoms with E-state index in [1.165, 1.54) is 22.4 Å². The van der Waals surface area contributed by atoms with E-state index < -0.39 is 16.1 Å². The average molecular weight is 384 g/mol. The van der Waals surface area contributed by atoms with E-state index in [1.54, 1.807) is 0 Å². The van der Waals surface area contributed by atoms with Crippen molar-refractivity contribution < 1.29 is 23.2 Å². The van der Waals surface area contributed by atoms with Gasteiger partial charge in [-0.1, -0.05) is 23.8 Å². The zero-order valence-electron chi connectivity index (χ0n) is 15.6. The molecule has 0 aromatic heterocycles. The largest absolute Gasteiger partial charge is 0.373 e. The number of nitrogens with zero attached hydrogens (tertiary/aromatic N) is 2. The van der Waals surface area contributed by atoms with Gasteiger partial charge in [0.1, 0.15) is 0 Å². The van der Waals surface area contributed by atoms with E-state index in [2.05, 4.69) is 25.1 Å². The Morgan fingerprint density at radius 1 is 1.35 bits per heavy atom. The molecule has 0 aliphatic carbocycles. The molecule has 1 aromatic carbocycles. The molecular formula is C18H28N2O5S. The number of piperidine rings is 1. The Bertz CT molecular complexity index is 714. The lowest BCUT2D eigenvalue weighted by Crippen LogP contribution is -2.45. The third kappa shape index (κ3) is 5.51. The number of hydrogen-bond donors (Lipinski definition) is 1. The van der Waals surface area contributed by atoms with Crippen molar-refractivity contribution in [1.29, 1.82) is 0 Å². The summed E-state index contributed by atoms with van der Waals surface area (Å²) in [7, 11) is -3.52. The van der Waals surface area contributed by atoms with E-state index in [0.717, 1.165) is 5.56 Å². The summed E-state index contributed by atoms with van der Waals surface area (Å²) in [5.74, 6) is -0.295. The number of hydrogen-bond acceptors (Lipinski definition) is 5. The van der Waals surface area contributed by atoms with Gasteiger partial charge in [0.25, 0.3) is 0 Å². The Morgan fingerprint density at radius 2 is 2.00 bits per heavy atom. The van der Waals surface area contributed by atoms with Crippen LogP contribution >= 0.6 is 0 Å². The molecule has 2 rings (SSSR count). The Kier molecular flexibility index (Phi) is 7.16. The SMILES string of the molecule is Cc1ccc(C)c(COC2CCN(S(=O)(=O)CC(C)N(O)C=O)CC2)c1. The average Bonchev–Trinajstić information content (AvgIpc) is 2.61. The lowest BCUT2D eigenvalue weighted by molar-refractivity contribution is -0.156. The van der Waals surface area contributed by atoms with E-state index in [1.807, 2.05) is 6.92 Å². The zero-order valence-corrected chi connectivity index (χ0v) is 16.4. The first-order valence-electron chi connectivity index (χ1n) is 8.81. The molecule has 26 heavy (non-hydrogen) atoms. The molecule has 1 aliphatic heterocycles. The van der Waals surface area contributed by atoms with Crippen molar-refractivity contribution in [2.75, 3.05) is 18.8 Å². The van der Waals surface area contributed by atoms with Crippen LogP contribution in [0.2, 0.25) is 0 Å². The molecule has 8 heteroatoms. The van der Waals surface area contributed by atoms with Gasteiger partial charge in [-0.3, -0.25) is 10.0 Å². The number of sulfonamides is 1. The second kappa shape index (κ2) is 8.94. The Balaban J connectivity index is 1.84. The lowest BCUT2D eigenvalue weighted by Gasteiger charge is -2.32. The number of carbonyl (C=O) groups excluding carboxylic acids is 1. The topological polar surface area (TPSA) is 87.2 Å². The molecular weight excluding hydrogens is 356 g/mol. The highest BCUT2D eigenvalue weighted by Gasteiger charge is 2.30. The number of rotatable bonds is 8. The molecule has 0 saturated carbocycles. The van der Waals surface area contributed by atoms with Gasteiger partial charge >= 0.3 is 0 Å². The summed E-state index contributed by atoms with van der Waals surface area (Å²) in [6, 6.07) is 5.48. The van der Waals surface area contributed by atoms with Crippen LogP contribution in [0.4, 0.5) is 0 Å². The van der Waals surface area contributed by atoms with E-state index in [0.29, 0.717) is 37.6 Å². The van der Waals surface area contributed by atoms with Gasteiger partial charge in [-0.05, 0) is 44.7 Å². The highest BCUT2D eigenvalue weighted by atomic mass is 32.2. The number of benzene rings is 1. The lowest BCUT2D eigenvalue weighted by atomic mass is 10.1. The van der Waals surface area contributed by atoms with Gasteiger partial charge in [-0.25, -0.2) is 17.8 Å². The third-order valence-corrected chi connectivity index (χ3v) is 6.84. The molecule has 0 radical (unpaired) electrons. The maximum Gasteiger partial charge on any atom is 0.233 e. The van der Waals surface area contributed by atoms with Crippen LogP contribution < -0.4 is 0 Å². The summed E-state index contributed by atoms with van der Waals surface area (Å²) in [6.07, 6.45) is 1.51. The summed E-state index contributed by atoms with van der Waals surface area (Å²) < 4.78 is 32.2. The van der Waals surface area contributed by atoms with Crippen LogP contribution in [0.3, 0.4) is 0 Å². The molecule has 1 saturated heterocycles. The van der Waals surface area contributed by atoms with Crippen molar-refractivity contribution >= 4 is 16.4 Å². The summed E-state index contributed by atoms with van der Waals surface area (Å²) in [5, 5.41) is 9.70. The molecule has 146 valence electrons. The molecule has 1 unspecified atom stereocenters. The highest BCUT2D eigenvalue weighted by molar-refractivity contribution is 7.89. The molecule has 1 aromatic rings. The number of ether oxygens (including phenoxy) is 1. The Labute approximate surface area is 155 Å². The zero-order chi connectivity index (χ0) is 19.3. The van der Waals surface area contributed by atoms with Crippen molar-refractivity contribution in [3.05, 3.63) is 34.9 Å². The van der Waals surface area contributed by atoms with Gasteiger partial charge in [0.2, 0.25) is 16.4 Å². The summed E-state index contributed by atoms with van der Waals surface area (Å²) in [5.41, 5.74) is 3.54. The fourth-order valence-electron chi connectivity index (χ4n) is 3.03. The maximum atomic E-state index is 12.4. The van der Waals surface area contributed by atoms with E-state index in [4.69, 9.17) is 4.74 Å². The minimum atomic E-state index is -3.52. The molecule has 1 heterocycles. The van der Waals surface area contributed by atoms with Gasteiger partial charge in [0.05, 0.1) is 24.5 Å². The summed E-state index contributed by atoms with van der Waals surface area (Å²) >= 11 is 0. The molecule has 1 N–H and O–H groups in total. The summed E-state index contributed by atoms with van der Waals surface area (Å²) in [4.78, 5) is 10.5. The fraction of sp³-hybridized carbons (Fsp3) is 0.611. The van der Waals surface area contributed by atoms with Crippen molar-refractivity contribution in [2.24, 2.45) is 0 Å². The van der Waals surface area contributed by atoms with E-state index >= 15 is 0 Å². The predicted molar refractivity (Wildman–Crippen MR) is 98.2 cm³/mol. The summed E-state index contributed by atoms with van der Waals surface area (Å²) in [6.45, 7) is 6.90. The Morgan fingerprint density at radius 3 is 2.62 bits per heavy atom. The molecule has 1 amide bonds. The third-order valence-electron chi connectivity index (χ3n) is 4.78. The molecule has 1 atom stereocenters. The van der Waals surface area contributed by atoms with Crippen molar-refractivity contribution in [2.45, 2.75) is 52.4 Å². The molecule has 1 aliphatic rings. The van der Waals surface area contributed by atoms with Gasteiger partial charge in [0, 0.05) is 13.1 Å². The van der Waals surface area contributed by atoms with Crippen LogP contribution in [0, 0.1) is 13.8 Å². The second-order valence-electron chi connectivity index (χ2n) is 6.95. The first-order valence-corrected chi connectivity index (χ1v) is 10.4. The number of hydroxylamine groups is 2. The fourth-order valence-corrected chi connectivity index (χ4v) is 4.77. The predicted octanol–water partition coefficient (Wildman–Crippen LogP) is 1.85. The molecule has 7 nitrogen and oxygen atoms in total. The smallest absolute Gasteiger partial charge is 0.233 e. The highest BCUT2D eigenvalue weighted by Crippen LogP contribution is 2.20. The normalized spacial score (nSPS) is 17.8. The standard InChI is InChI=1S/C18H28N2O5S/c1-14-4-5-15(2)17(10-14)11-25-18-6-8-19(9-7-18)26(23,24)12-16(3)20(22)13-21/h4-5,10,13,16,18,22H,6-9,11-12H2,1-3H3. The van der Waals surface area contributed by atoms with Crippen LogP contribution in [-0.4, -0.2) is 60.4 Å². The molecule has 0 bridgehead atoms. The maximum absolute atomic E-state index is 12.4. The van der Waals surface area contributed by atoms with E-state index in [-0.39, 0.29) is 18.3 Å². The van der Waals surface area contributed by atoms with Gasteiger partial charge in [-0.15, -0.1) is 0 Å². The Hall–Kier alpha value is -1.48. The van der Waals surface area contributed by atoms with Gasteiger partial charge < -0.3 is 4.74 Å². The van der Waals surface area contributed by atoms with Crippen LogP contribution in [0.25, 0.3) is 0 Å². The van der Waals surface area contributed by atoms with Crippen LogP contribution in [0.5, 0.6) is 0 Å². The van der Waals surface area contributed by atoms with E-state index in [9.17, 15) is 18.4 Å². The minimum absolute atomic E-state index is 0.0306. The molecule has 0 spiro atoms. The van der Waals surface area contributed by atoms with Crippen molar-refractivity contribution in [3.8, 4) is 0 Å². The quantitative estimate of drug-likeness (QED) is 0.420. The minimum Gasteiger partial charge on any atom is -0.373 e. The van der Waals surface area contributed by atoms with Crippen LogP contribution in [-0.2, 0) is 26.2 Å². The van der Waals surface area contributed by atoms with Gasteiger partial charge in [-0.2, -0.15) is 0 Å². The number of aryl methyl sites for hydroxylation is 2. The first-order chi connectivity index (χ1) is 12.2. The number of amides is 1. The number of carbonyl (C=O) groups is 1. The van der Waals surface area contributed by atoms with Crippen molar-refractivity contribution in [3.63, 3.8) is 0 Å². The monoisotopic (exact) mass is 384 g/mol. The van der Waals surface area contributed by atoms with Gasteiger partial charge in [0.15, 0.2) is 0 Å².